The number of aliphatic hydroxyl groups is 1. The lowest BCUT2D eigenvalue weighted by Crippen LogP contribution is -2.36. The molecule has 35 heavy (non-hydrogen) atoms. The summed E-state index contributed by atoms with van der Waals surface area (Å²) in [5.74, 6) is -0.374. The second kappa shape index (κ2) is 10.7. The van der Waals surface area contributed by atoms with Gasteiger partial charge in [0.2, 0.25) is 6.33 Å². The molecule has 180 valence electrons. The molecule has 1 atom stereocenters. The van der Waals surface area contributed by atoms with Crippen LogP contribution in [0.1, 0.15) is 23.6 Å². The van der Waals surface area contributed by atoms with Crippen LogP contribution in [0.25, 0.3) is 5.76 Å². The van der Waals surface area contributed by atoms with E-state index >= 15 is 0 Å². The minimum Gasteiger partial charge on any atom is -0.507 e. The standard InChI is InChI=1S/C27H27N3O5/c1-3-16-35-22-7-4-6-20(17-22)24-23(25(31)19-8-10-21(34-2)11-9-19)26(32)27(33)30(24)14-5-13-29-15-12-28-18-29/h3-4,6-12,15,17-18,24H,1,5,13-14,16H2,2H3,(H,31,32)/p+1. The smallest absolute Gasteiger partial charge is 0.295 e. The molecule has 0 aliphatic carbocycles. The van der Waals surface area contributed by atoms with Crippen LogP contribution < -0.4 is 14.0 Å². The van der Waals surface area contributed by atoms with Gasteiger partial charge in [0.1, 0.15) is 36.3 Å². The lowest BCUT2D eigenvalue weighted by Gasteiger charge is -2.25. The number of nitrogens with one attached hydrogen (secondary N) is 1. The van der Waals surface area contributed by atoms with E-state index in [1.54, 1.807) is 55.7 Å². The molecule has 1 saturated heterocycles. The molecular formula is C27H28N3O5+. The number of carbonyl (C=O) groups excluding carboxylic acids is 2. The number of aryl methyl sites for hydroxylation is 1. The van der Waals surface area contributed by atoms with E-state index in [1.165, 1.54) is 4.90 Å². The topological polar surface area (TPSA) is 95.7 Å². The number of rotatable bonds is 10. The van der Waals surface area contributed by atoms with Gasteiger partial charge in [-0.1, -0.05) is 24.8 Å². The molecule has 2 aromatic carbocycles. The summed E-state index contributed by atoms with van der Waals surface area (Å²) in [5.41, 5.74) is 1.15. The third-order valence-electron chi connectivity index (χ3n) is 5.86. The molecule has 1 fully saturated rings. The maximum Gasteiger partial charge on any atom is 0.295 e. The van der Waals surface area contributed by atoms with E-state index in [4.69, 9.17) is 9.47 Å². The Kier molecular flexibility index (Phi) is 7.30. The number of ether oxygens (including phenoxy) is 2. The molecule has 0 radical (unpaired) electrons. The van der Waals surface area contributed by atoms with Crippen molar-refractivity contribution >= 4 is 17.4 Å². The van der Waals surface area contributed by atoms with Crippen molar-refractivity contribution in [3.8, 4) is 11.5 Å². The summed E-state index contributed by atoms with van der Waals surface area (Å²) in [6, 6.07) is 13.2. The van der Waals surface area contributed by atoms with Gasteiger partial charge in [0.15, 0.2) is 0 Å². The Bertz CT molecular complexity index is 1230. The molecule has 0 saturated carbocycles. The maximum atomic E-state index is 13.2. The van der Waals surface area contributed by atoms with E-state index in [0.717, 1.165) is 0 Å². The van der Waals surface area contributed by atoms with Gasteiger partial charge >= 0.3 is 0 Å². The Balaban J connectivity index is 1.73. The molecule has 3 aromatic rings. The predicted molar refractivity (Wildman–Crippen MR) is 130 cm³/mol. The van der Waals surface area contributed by atoms with Crippen LogP contribution in [0.3, 0.4) is 0 Å². The molecule has 8 nitrogen and oxygen atoms in total. The molecule has 8 heteroatoms. The molecular weight excluding hydrogens is 446 g/mol. The lowest BCUT2D eigenvalue weighted by atomic mass is 9.95. The van der Waals surface area contributed by atoms with Crippen LogP contribution in [0.2, 0.25) is 0 Å². The van der Waals surface area contributed by atoms with Gasteiger partial charge in [0.05, 0.1) is 25.3 Å². The Morgan fingerprint density at radius 3 is 2.69 bits per heavy atom. The molecule has 2 N–H and O–H groups in total. The second-order valence-corrected chi connectivity index (χ2v) is 8.10. The van der Waals surface area contributed by atoms with Gasteiger partial charge in [-0.05, 0) is 42.0 Å². The Morgan fingerprint density at radius 2 is 2.00 bits per heavy atom. The fourth-order valence-electron chi connectivity index (χ4n) is 4.17. The fourth-order valence-corrected chi connectivity index (χ4v) is 4.17. The SMILES string of the molecule is C=CCOc1cccc(C2/C(=C(\O)c3ccc(OC)cc3)C(=O)C(=O)N2CCC[n+]2cc[nH]c2)c1. The lowest BCUT2D eigenvalue weighted by molar-refractivity contribution is -0.695. The molecule has 4 rings (SSSR count). The number of aromatic nitrogens is 2. The number of likely N-dealkylation sites (tertiary alicyclic amines) is 1. The summed E-state index contributed by atoms with van der Waals surface area (Å²) in [6.07, 6.45) is 7.81. The zero-order chi connectivity index (χ0) is 24.8. The van der Waals surface area contributed by atoms with Gasteiger partial charge in [-0.25, -0.2) is 4.57 Å². The van der Waals surface area contributed by atoms with Crippen LogP contribution in [0.5, 0.6) is 11.5 Å². The number of Topliss-reactive ketones (excluding diaryl/α,β-unsaturated/α-hetero) is 1. The van der Waals surface area contributed by atoms with Crippen LogP contribution in [-0.2, 0) is 16.1 Å². The first-order valence-electron chi connectivity index (χ1n) is 11.3. The highest BCUT2D eigenvalue weighted by Gasteiger charge is 2.46. The zero-order valence-corrected chi connectivity index (χ0v) is 19.5. The predicted octanol–water partition coefficient (Wildman–Crippen LogP) is 3.39. The van der Waals surface area contributed by atoms with Gasteiger partial charge in [-0.3, -0.25) is 14.6 Å². The largest absolute Gasteiger partial charge is 0.507 e. The highest BCUT2D eigenvalue weighted by atomic mass is 16.5. The number of methoxy groups -OCH3 is 1. The second-order valence-electron chi connectivity index (χ2n) is 8.10. The first-order valence-corrected chi connectivity index (χ1v) is 11.3. The number of hydrogen-bond acceptors (Lipinski definition) is 5. The van der Waals surface area contributed by atoms with Crippen molar-refractivity contribution in [3.63, 3.8) is 0 Å². The van der Waals surface area contributed by atoms with E-state index in [2.05, 4.69) is 11.6 Å². The summed E-state index contributed by atoms with van der Waals surface area (Å²) in [5, 5.41) is 11.2. The third-order valence-corrected chi connectivity index (χ3v) is 5.86. The first-order chi connectivity index (χ1) is 17.0. The Hall–Kier alpha value is -4.33. The quantitative estimate of drug-likeness (QED) is 0.154. The van der Waals surface area contributed by atoms with Gasteiger partial charge < -0.3 is 19.5 Å². The number of benzene rings is 2. The van der Waals surface area contributed by atoms with Crippen molar-refractivity contribution in [2.45, 2.75) is 19.0 Å². The van der Waals surface area contributed by atoms with Crippen molar-refractivity contribution in [2.75, 3.05) is 20.3 Å². The van der Waals surface area contributed by atoms with E-state index < -0.39 is 17.7 Å². The molecule has 1 amide bonds. The number of aliphatic hydroxyl groups excluding tert-OH is 1. The molecule has 1 aliphatic rings. The molecule has 1 unspecified atom stereocenters. The van der Waals surface area contributed by atoms with Crippen LogP contribution in [0, 0.1) is 0 Å². The Morgan fingerprint density at radius 1 is 1.20 bits per heavy atom. The number of amides is 1. The highest BCUT2D eigenvalue weighted by Crippen LogP contribution is 2.40. The molecule has 1 aliphatic heterocycles. The summed E-state index contributed by atoms with van der Waals surface area (Å²) in [4.78, 5) is 30.8. The number of aromatic amines is 1. The van der Waals surface area contributed by atoms with Crippen LogP contribution in [0.15, 0.2) is 85.5 Å². The molecule has 0 bridgehead atoms. The number of imidazole rings is 1. The van der Waals surface area contributed by atoms with E-state index in [-0.39, 0.29) is 11.3 Å². The molecule has 0 spiro atoms. The first kappa shape index (κ1) is 23.8. The summed E-state index contributed by atoms with van der Waals surface area (Å²) < 4.78 is 12.8. The average Bonchev–Trinajstić information content (AvgIpc) is 3.49. The number of ketones is 1. The van der Waals surface area contributed by atoms with E-state index in [0.29, 0.717) is 48.7 Å². The van der Waals surface area contributed by atoms with Crippen molar-refractivity contribution in [1.29, 1.82) is 0 Å². The van der Waals surface area contributed by atoms with Gasteiger partial charge in [0, 0.05) is 18.5 Å². The molecule has 2 heterocycles. The van der Waals surface area contributed by atoms with Crippen LogP contribution >= 0.6 is 0 Å². The van der Waals surface area contributed by atoms with Crippen LogP contribution in [-0.4, -0.2) is 46.9 Å². The minimum atomic E-state index is -0.749. The molecule has 1 aromatic heterocycles. The summed E-state index contributed by atoms with van der Waals surface area (Å²) in [7, 11) is 1.55. The average molecular weight is 475 g/mol. The third kappa shape index (κ3) is 5.11. The van der Waals surface area contributed by atoms with Crippen molar-refractivity contribution in [2.24, 2.45) is 0 Å². The Labute approximate surface area is 203 Å². The minimum absolute atomic E-state index is 0.0512. The van der Waals surface area contributed by atoms with Gasteiger partial charge in [0.25, 0.3) is 11.7 Å². The number of hydrogen-bond donors (Lipinski definition) is 2. The van der Waals surface area contributed by atoms with Gasteiger partial charge in [-0.15, -0.1) is 0 Å². The number of H-pyrrole nitrogens is 1. The van der Waals surface area contributed by atoms with E-state index in [1.807, 2.05) is 29.4 Å². The van der Waals surface area contributed by atoms with Gasteiger partial charge in [-0.2, -0.15) is 0 Å². The van der Waals surface area contributed by atoms with E-state index in [9.17, 15) is 14.7 Å². The summed E-state index contributed by atoms with van der Waals surface area (Å²) in [6.45, 7) is 4.99. The summed E-state index contributed by atoms with van der Waals surface area (Å²) >= 11 is 0. The highest BCUT2D eigenvalue weighted by molar-refractivity contribution is 6.46. The monoisotopic (exact) mass is 474 g/mol. The zero-order valence-electron chi connectivity index (χ0n) is 19.5. The fraction of sp³-hybridized carbons (Fsp3) is 0.222. The number of carbonyl (C=O) groups is 2. The van der Waals surface area contributed by atoms with Crippen molar-refractivity contribution in [3.05, 3.63) is 96.6 Å². The maximum absolute atomic E-state index is 13.2. The van der Waals surface area contributed by atoms with Crippen molar-refractivity contribution in [1.82, 2.24) is 9.88 Å². The van der Waals surface area contributed by atoms with Crippen LogP contribution in [0.4, 0.5) is 0 Å². The normalized spacial score (nSPS) is 16.9. The van der Waals surface area contributed by atoms with Crippen molar-refractivity contribution < 1.29 is 28.7 Å². The number of nitrogens with zero attached hydrogens (tertiary/aromatic N) is 2.